The van der Waals surface area contributed by atoms with Crippen LogP contribution in [-0.2, 0) is 10.3 Å². The molecule has 1 saturated heterocycles. The van der Waals surface area contributed by atoms with E-state index in [2.05, 4.69) is 31.5 Å². The summed E-state index contributed by atoms with van der Waals surface area (Å²) in [7, 11) is 0. The fraction of sp³-hybridized carbons (Fsp3) is 0.786. The lowest BCUT2D eigenvalue weighted by Gasteiger charge is -2.29. The lowest BCUT2D eigenvalue weighted by molar-refractivity contribution is -0.0507. The Morgan fingerprint density at radius 3 is 2.78 bits per heavy atom. The number of nitrogens with one attached hydrogen (secondary N) is 1. The molecule has 1 fully saturated rings. The monoisotopic (exact) mass is 268 g/mol. The molecule has 3 nitrogen and oxygen atoms in total. The van der Waals surface area contributed by atoms with Gasteiger partial charge < -0.3 is 10.1 Å². The third-order valence-corrected chi connectivity index (χ3v) is 4.94. The van der Waals surface area contributed by atoms with Crippen LogP contribution < -0.4 is 5.32 Å². The maximum atomic E-state index is 6.02. The maximum Gasteiger partial charge on any atom is 0.125 e. The van der Waals surface area contributed by atoms with Gasteiger partial charge in [-0.1, -0.05) is 13.8 Å². The minimum Gasteiger partial charge on any atom is -0.368 e. The van der Waals surface area contributed by atoms with Gasteiger partial charge in [0.2, 0.25) is 0 Å². The van der Waals surface area contributed by atoms with E-state index in [1.165, 1.54) is 18.5 Å². The first-order valence-corrected chi connectivity index (χ1v) is 7.97. The van der Waals surface area contributed by atoms with Crippen LogP contribution in [0.5, 0.6) is 0 Å². The highest BCUT2D eigenvalue weighted by molar-refractivity contribution is 7.09. The summed E-state index contributed by atoms with van der Waals surface area (Å²) < 4.78 is 6.02. The van der Waals surface area contributed by atoms with Crippen LogP contribution >= 0.6 is 11.3 Å². The van der Waals surface area contributed by atoms with E-state index in [1.54, 1.807) is 11.3 Å². The Morgan fingerprint density at radius 2 is 2.22 bits per heavy atom. The second-order valence-corrected chi connectivity index (χ2v) is 5.72. The summed E-state index contributed by atoms with van der Waals surface area (Å²) in [5.74, 6) is 0. The van der Waals surface area contributed by atoms with Crippen molar-refractivity contribution in [1.29, 1.82) is 0 Å². The summed E-state index contributed by atoms with van der Waals surface area (Å²) in [6.45, 7) is 8.31. The molecule has 0 saturated carbocycles. The van der Waals surface area contributed by atoms with Crippen molar-refractivity contribution in [2.45, 2.75) is 58.1 Å². The van der Waals surface area contributed by atoms with Crippen LogP contribution in [0.3, 0.4) is 0 Å². The Labute approximate surface area is 114 Å². The van der Waals surface area contributed by atoms with Gasteiger partial charge in [0.15, 0.2) is 0 Å². The smallest absolute Gasteiger partial charge is 0.125 e. The van der Waals surface area contributed by atoms with Gasteiger partial charge in [0.1, 0.15) is 10.6 Å². The van der Waals surface area contributed by atoms with E-state index in [0.717, 1.165) is 31.0 Å². The summed E-state index contributed by atoms with van der Waals surface area (Å²) in [6.07, 6.45) is 4.45. The lowest BCUT2D eigenvalue weighted by atomic mass is 9.98. The molecule has 2 rings (SSSR count). The molecule has 0 aliphatic carbocycles. The van der Waals surface area contributed by atoms with Crippen molar-refractivity contribution in [2.75, 3.05) is 13.2 Å². The van der Waals surface area contributed by atoms with Gasteiger partial charge in [-0.3, -0.25) is 0 Å². The van der Waals surface area contributed by atoms with Gasteiger partial charge in [-0.15, -0.1) is 11.3 Å². The number of thiazole rings is 1. The zero-order valence-electron chi connectivity index (χ0n) is 11.7. The van der Waals surface area contributed by atoms with Crippen molar-refractivity contribution in [3.63, 3.8) is 0 Å². The maximum absolute atomic E-state index is 6.02. The number of ether oxygens (including phenoxy) is 1. The summed E-state index contributed by atoms with van der Waals surface area (Å²) in [4.78, 5) is 4.86. The first kappa shape index (κ1) is 14.0. The van der Waals surface area contributed by atoms with Crippen molar-refractivity contribution in [1.82, 2.24) is 10.3 Å². The molecule has 1 aliphatic rings. The van der Waals surface area contributed by atoms with Crippen LogP contribution in [0, 0.1) is 0 Å². The molecule has 2 heterocycles. The molecule has 0 radical (unpaired) electrons. The Morgan fingerprint density at radius 1 is 1.44 bits per heavy atom. The van der Waals surface area contributed by atoms with Gasteiger partial charge in [-0.2, -0.15) is 0 Å². The molecule has 18 heavy (non-hydrogen) atoms. The van der Waals surface area contributed by atoms with Crippen LogP contribution in [0.4, 0.5) is 0 Å². The predicted molar refractivity (Wildman–Crippen MR) is 76.0 cm³/mol. The minimum absolute atomic E-state index is 0.170. The predicted octanol–water partition coefficient (Wildman–Crippen LogP) is 3.62. The Bertz CT molecular complexity index is 368. The number of hydrogen-bond donors (Lipinski definition) is 1. The molecule has 4 heteroatoms. The number of aromatic nitrogens is 1. The minimum atomic E-state index is -0.170. The van der Waals surface area contributed by atoms with E-state index in [4.69, 9.17) is 9.72 Å². The van der Waals surface area contributed by atoms with Gasteiger partial charge in [0, 0.05) is 12.0 Å². The average molecular weight is 268 g/mol. The SMILES string of the molecule is CCOC(CC)(CC)c1nc([C@H]2CCCN2)cs1. The Hall–Kier alpha value is -0.450. The van der Waals surface area contributed by atoms with E-state index in [-0.39, 0.29) is 5.60 Å². The fourth-order valence-corrected chi connectivity index (χ4v) is 3.86. The lowest BCUT2D eigenvalue weighted by Crippen LogP contribution is -2.28. The van der Waals surface area contributed by atoms with Crippen LogP contribution in [0.1, 0.15) is 63.2 Å². The van der Waals surface area contributed by atoms with E-state index in [0.29, 0.717) is 6.04 Å². The molecule has 0 bridgehead atoms. The first-order chi connectivity index (χ1) is 8.75. The molecule has 1 N–H and O–H groups in total. The second-order valence-electron chi connectivity index (χ2n) is 4.86. The normalized spacial score (nSPS) is 20.5. The molecular formula is C14H24N2OS. The quantitative estimate of drug-likeness (QED) is 0.855. The standard InChI is InChI=1S/C14H24N2OS/c1-4-14(5-2,17-6-3)13-16-12(10-18-13)11-8-7-9-15-11/h10-11,15H,4-9H2,1-3H3/t11-/m1/s1. The first-order valence-electron chi connectivity index (χ1n) is 7.09. The second kappa shape index (κ2) is 6.13. The number of rotatable bonds is 6. The molecule has 1 aliphatic heterocycles. The fourth-order valence-electron chi connectivity index (χ4n) is 2.69. The summed E-state index contributed by atoms with van der Waals surface area (Å²) in [6, 6.07) is 0.461. The molecule has 0 amide bonds. The highest BCUT2D eigenvalue weighted by atomic mass is 32.1. The Kier molecular flexibility index (Phi) is 4.76. The highest BCUT2D eigenvalue weighted by Crippen LogP contribution is 2.36. The van der Waals surface area contributed by atoms with Gasteiger partial charge in [0.05, 0.1) is 11.7 Å². The molecule has 0 spiro atoms. The van der Waals surface area contributed by atoms with E-state index in [9.17, 15) is 0 Å². The van der Waals surface area contributed by atoms with E-state index in [1.807, 2.05) is 0 Å². The zero-order valence-corrected chi connectivity index (χ0v) is 12.5. The zero-order chi connectivity index (χ0) is 13.0. The van der Waals surface area contributed by atoms with Crippen molar-refractivity contribution in [3.8, 4) is 0 Å². The van der Waals surface area contributed by atoms with Gasteiger partial charge >= 0.3 is 0 Å². The Balaban J connectivity index is 2.20. The van der Waals surface area contributed by atoms with Crippen LogP contribution in [0.25, 0.3) is 0 Å². The van der Waals surface area contributed by atoms with Crippen LogP contribution in [0.15, 0.2) is 5.38 Å². The topological polar surface area (TPSA) is 34.1 Å². The molecule has 1 atom stereocenters. The summed E-state index contributed by atoms with van der Waals surface area (Å²) in [5.41, 5.74) is 1.04. The third-order valence-electron chi connectivity index (χ3n) is 3.89. The molecule has 1 aromatic heterocycles. The number of nitrogens with zero attached hydrogens (tertiary/aromatic N) is 1. The van der Waals surface area contributed by atoms with Crippen molar-refractivity contribution in [2.24, 2.45) is 0 Å². The number of hydrogen-bond acceptors (Lipinski definition) is 4. The van der Waals surface area contributed by atoms with E-state index < -0.39 is 0 Å². The molecular weight excluding hydrogens is 244 g/mol. The summed E-state index contributed by atoms with van der Waals surface area (Å²) >= 11 is 1.76. The summed E-state index contributed by atoms with van der Waals surface area (Å²) in [5, 5.41) is 6.87. The van der Waals surface area contributed by atoms with Crippen LogP contribution in [0.2, 0.25) is 0 Å². The van der Waals surface area contributed by atoms with Crippen molar-refractivity contribution >= 4 is 11.3 Å². The highest BCUT2D eigenvalue weighted by Gasteiger charge is 2.33. The largest absolute Gasteiger partial charge is 0.368 e. The third kappa shape index (κ3) is 2.60. The average Bonchev–Trinajstić information content (AvgIpc) is 3.05. The van der Waals surface area contributed by atoms with Gasteiger partial charge in [0.25, 0.3) is 0 Å². The van der Waals surface area contributed by atoms with Crippen LogP contribution in [-0.4, -0.2) is 18.1 Å². The molecule has 102 valence electrons. The molecule has 0 unspecified atom stereocenters. The van der Waals surface area contributed by atoms with E-state index >= 15 is 0 Å². The van der Waals surface area contributed by atoms with Crippen molar-refractivity contribution in [3.05, 3.63) is 16.1 Å². The van der Waals surface area contributed by atoms with Gasteiger partial charge in [-0.05, 0) is 39.2 Å². The van der Waals surface area contributed by atoms with Crippen molar-refractivity contribution < 1.29 is 4.74 Å². The molecule has 1 aromatic rings. The van der Waals surface area contributed by atoms with Gasteiger partial charge in [-0.25, -0.2) is 4.98 Å². The molecule has 0 aromatic carbocycles.